The van der Waals surface area contributed by atoms with Gasteiger partial charge in [-0.3, -0.25) is 4.79 Å². The van der Waals surface area contributed by atoms with Crippen molar-refractivity contribution in [2.45, 2.75) is 25.6 Å². The van der Waals surface area contributed by atoms with Crippen LogP contribution in [0, 0.1) is 5.92 Å². The molecule has 0 saturated carbocycles. The van der Waals surface area contributed by atoms with Gasteiger partial charge in [-0.2, -0.15) is 0 Å². The van der Waals surface area contributed by atoms with Gasteiger partial charge in [-0.25, -0.2) is 0 Å². The number of hydrogen-bond acceptors (Lipinski definition) is 6. The summed E-state index contributed by atoms with van der Waals surface area (Å²) in [6.07, 6.45) is 2.59. The van der Waals surface area contributed by atoms with Crippen LogP contribution >= 0.6 is 0 Å². The van der Waals surface area contributed by atoms with Gasteiger partial charge in [0.25, 0.3) is 0 Å². The van der Waals surface area contributed by atoms with E-state index in [2.05, 4.69) is 10.2 Å². The van der Waals surface area contributed by atoms with Crippen LogP contribution in [0.15, 0.2) is 18.2 Å². The number of rotatable bonds is 5. The number of carbonyl (C=O) groups is 1. The minimum atomic E-state index is -0.0172. The summed E-state index contributed by atoms with van der Waals surface area (Å²) in [6.45, 7) is 4.42. The molecule has 0 aromatic heterocycles. The fourth-order valence-corrected chi connectivity index (χ4v) is 3.55. The van der Waals surface area contributed by atoms with E-state index in [9.17, 15) is 4.79 Å². The second-order valence-corrected chi connectivity index (χ2v) is 6.66. The van der Waals surface area contributed by atoms with Gasteiger partial charge in [-0.1, -0.05) is 0 Å². The second kappa shape index (κ2) is 7.59. The molecule has 2 saturated heterocycles. The van der Waals surface area contributed by atoms with Crippen LogP contribution in [-0.4, -0.2) is 56.7 Å². The van der Waals surface area contributed by atoms with Crippen molar-refractivity contribution in [3.05, 3.63) is 18.2 Å². The number of hydrogen-bond donors (Lipinski definition) is 1. The first-order valence-electron chi connectivity index (χ1n) is 8.93. The quantitative estimate of drug-likeness (QED) is 0.875. The summed E-state index contributed by atoms with van der Waals surface area (Å²) < 4.78 is 21.8. The zero-order valence-electron chi connectivity index (χ0n) is 14.2. The van der Waals surface area contributed by atoms with Crippen LogP contribution < -0.4 is 14.8 Å². The van der Waals surface area contributed by atoms with Gasteiger partial charge < -0.3 is 29.2 Å². The molecule has 136 valence electrons. The Hall–Kier alpha value is -1.83. The van der Waals surface area contributed by atoms with Crippen molar-refractivity contribution in [3.8, 4) is 11.5 Å². The Morgan fingerprint density at radius 3 is 2.68 bits per heavy atom. The van der Waals surface area contributed by atoms with Crippen molar-refractivity contribution in [2.75, 3.05) is 45.0 Å². The molecule has 7 nitrogen and oxygen atoms in total. The van der Waals surface area contributed by atoms with Crippen molar-refractivity contribution >= 4 is 11.6 Å². The number of carbonyl (C=O) groups excluding carboxylic acids is 1. The van der Waals surface area contributed by atoms with Crippen molar-refractivity contribution in [2.24, 2.45) is 5.92 Å². The molecule has 7 heteroatoms. The van der Waals surface area contributed by atoms with E-state index in [1.54, 1.807) is 6.07 Å². The Balaban J connectivity index is 1.19. The summed E-state index contributed by atoms with van der Waals surface area (Å²) in [6, 6.07) is 5.45. The molecule has 1 N–H and O–H groups in total. The minimum absolute atomic E-state index is 0.0171. The van der Waals surface area contributed by atoms with Crippen molar-refractivity contribution in [1.82, 2.24) is 4.90 Å². The van der Waals surface area contributed by atoms with Crippen molar-refractivity contribution in [3.63, 3.8) is 0 Å². The summed E-state index contributed by atoms with van der Waals surface area (Å²) in [5.41, 5.74) is 0.739. The topological polar surface area (TPSA) is 69.3 Å². The highest BCUT2D eigenvalue weighted by atomic mass is 16.7. The molecule has 0 aliphatic carbocycles. The number of benzene rings is 1. The van der Waals surface area contributed by atoms with Crippen molar-refractivity contribution in [1.29, 1.82) is 0 Å². The molecule has 1 aromatic carbocycles. The monoisotopic (exact) mass is 348 g/mol. The predicted octanol–water partition coefficient (Wildman–Crippen LogP) is 1.83. The predicted molar refractivity (Wildman–Crippen MR) is 90.7 cm³/mol. The first kappa shape index (κ1) is 16.6. The summed E-state index contributed by atoms with van der Waals surface area (Å²) >= 11 is 0. The standard InChI is InChI=1S/C18H24N2O5/c21-17(19-14-1-2-15-16(11-14)25-12-24-15)5-8-20-6-3-13(4-7-20)18-22-9-10-23-18/h1-2,11,13,18H,3-10,12H2,(H,19,21). The van der Waals surface area contributed by atoms with Crippen LogP contribution in [0.25, 0.3) is 0 Å². The third kappa shape index (κ3) is 4.05. The molecule has 1 amide bonds. The molecular formula is C18H24N2O5. The van der Waals surface area contributed by atoms with Gasteiger partial charge in [0.15, 0.2) is 17.8 Å². The highest BCUT2D eigenvalue weighted by molar-refractivity contribution is 5.91. The van der Waals surface area contributed by atoms with Gasteiger partial charge in [0.05, 0.1) is 13.2 Å². The molecule has 0 unspecified atom stereocenters. The lowest BCUT2D eigenvalue weighted by molar-refractivity contribution is -0.117. The Kier molecular flexibility index (Phi) is 5.05. The molecule has 1 aromatic rings. The molecular weight excluding hydrogens is 324 g/mol. The number of fused-ring (bicyclic) bond motifs is 1. The average molecular weight is 348 g/mol. The maximum absolute atomic E-state index is 12.2. The van der Waals surface area contributed by atoms with Gasteiger partial charge in [-0.05, 0) is 38.1 Å². The third-order valence-corrected chi connectivity index (χ3v) is 4.98. The first-order valence-corrected chi connectivity index (χ1v) is 8.93. The maximum Gasteiger partial charge on any atom is 0.231 e. The molecule has 0 spiro atoms. The lowest BCUT2D eigenvalue weighted by Crippen LogP contribution is -2.39. The lowest BCUT2D eigenvalue weighted by Gasteiger charge is -2.33. The van der Waals surface area contributed by atoms with E-state index >= 15 is 0 Å². The third-order valence-electron chi connectivity index (χ3n) is 4.98. The zero-order valence-corrected chi connectivity index (χ0v) is 14.2. The Labute approximate surface area is 147 Å². The highest BCUT2D eigenvalue weighted by Gasteiger charge is 2.30. The summed E-state index contributed by atoms with van der Waals surface area (Å²) in [5, 5.41) is 2.92. The lowest BCUT2D eigenvalue weighted by atomic mass is 9.96. The number of piperidine rings is 1. The largest absolute Gasteiger partial charge is 0.454 e. The first-order chi connectivity index (χ1) is 12.3. The molecule has 4 rings (SSSR count). The molecule has 3 heterocycles. The Morgan fingerprint density at radius 1 is 1.12 bits per heavy atom. The fraction of sp³-hybridized carbons (Fsp3) is 0.611. The van der Waals surface area contributed by atoms with Crippen LogP contribution in [0.2, 0.25) is 0 Å². The molecule has 25 heavy (non-hydrogen) atoms. The Bertz CT molecular complexity index is 609. The number of nitrogens with one attached hydrogen (secondary N) is 1. The summed E-state index contributed by atoms with van der Waals surface area (Å²) in [4.78, 5) is 14.5. The van der Waals surface area contributed by atoms with Gasteiger partial charge in [0.1, 0.15) is 0 Å². The van der Waals surface area contributed by atoms with E-state index in [1.165, 1.54) is 0 Å². The highest BCUT2D eigenvalue weighted by Crippen LogP contribution is 2.34. The molecule has 0 bridgehead atoms. The molecule has 3 aliphatic heterocycles. The van der Waals surface area contributed by atoms with Crippen LogP contribution in [-0.2, 0) is 14.3 Å². The van der Waals surface area contributed by atoms with Gasteiger partial charge in [-0.15, -0.1) is 0 Å². The van der Waals surface area contributed by atoms with E-state index < -0.39 is 0 Å². The van der Waals surface area contributed by atoms with Crippen LogP contribution in [0.4, 0.5) is 5.69 Å². The van der Waals surface area contributed by atoms with Crippen LogP contribution in [0.3, 0.4) is 0 Å². The molecule has 3 aliphatic rings. The van der Waals surface area contributed by atoms with E-state index in [0.717, 1.165) is 43.9 Å². The minimum Gasteiger partial charge on any atom is -0.454 e. The van der Waals surface area contributed by atoms with E-state index in [4.69, 9.17) is 18.9 Å². The number of likely N-dealkylation sites (tertiary alicyclic amines) is 1. The van der Waals surface area contributed by atoms with E-state index in [-0.39, 0.29) is 19.0 Å². The van der Waals surface area contributed by atoms with Crippen LogP contribution in [0.5, 0.6) is 11.5 Å². The molecule has 0 atom stereocenters. The molecule has 2 fully saturated rings. The molecule has 0 radical (unpaired) electrons. The number of nitrogens with zero attached hydrogens (tertiary/aromatic N) is 1. The second-order valence-electron chi connectivity index (χ2n) is 6.66. The van der Waals surface area contributed by atoms with Gasteiger partial charge in [0, 0.05) is 30.6 Å². The Morgan fingerprint density at radius 2 is 1.88 bits per heavy atom. The fourth-order valence-electron chi connectivity index (χ4n) is 3.55. The average Bonchev–Trinajstić information content (AvgIpc) is 3.32. The van der Waals surface area contributed by atoms with Gasteiger partial charge >= 0.3 is 0 Å². The SMILES string of the molecule is O=C(CCN1CCC(C2OCCO2)CC1)Nc1ccc2c(c1)OCO2. The summed E-state index contributed by atoms with van der Waals surface area (Å²) in [5.74, 6) is 1.90. The van der Waals surface area contributed by atoms with Crippen LogP contribution in [0.1, 0.15) is 19.3 Å². The van der Waals surface area contributed by atoms with E-state index in [0.29, 0.717) is 31.3 Å². The van der Waals surface area contributed by atoms with Crippen molar-refractivity contribution < 1.29 is 23.7 Å². The number of ether oxygens (including phenoxy) is 4. The number of anilines is 1. The zero-order chi connectivity index (χ0) is 17.1. The van der Waals surface area contributed by atoms with Gasteiger partial charge in [0.2, 0.25) is 12.7 Å². The van der Waals surface area contributed by atoms with E-state index in [1.807, 2.05) is 12.1 Å². The smallest absolute Gasteiger partial charge is 0.231 e. The summed E-state index contributed by atoms with van der Waals surface area (Å²) in [7, 11) is 0. The number of amides is 1. The normalized spacial score (nSPS) is 21.6. The maximum atomic E-state index is 12.2.